The zero-order valence-electron chi connectivity index (χ0n) is 29.6. The highest BCUT2D eigenvalue weighted by atomic mass is 16.6. The summed E-state index contributed by atoms with van der Waals surface area (Å²) in [5.41, 5.74) is 1.98. The Bertz CT molecular complexity index is 1510. The topological polar surface area (TPSA) is 146 Å². The molecule has 50 heavy (non-hydrogen) atoms. The Kier molecular flexibility index (Phi) is 12.2. The molecular weight excluding hydrogens is 644 g/mol. The smallest absolute Gasteiger partial charge is 0.411 e. The van der Waals surface area contributed by atoms with Gasteiger partial charge in [-0.3, -0.25) is 19.4 Å². The van der Waals surface area contributed by atoms with Gasteiger partial charge in [0.2, 0.25) is 0 Å². The van der Waals surface area contributed by atoms with Crippen LogP contribution in [0.1, 0.15) is 89.5 Å². The van der Waals surface area contributed by atoms with Gasteiger partial charge in [0, 0.05) is 25.7 Å². The molecule has 268 valence electrons. The Hall–Kier alpha value is -5.00. The van der Waals surface area contributed by atoms with Gasteiger partial charge in [0.1, 0.15) is 23.3 Å². The van der Waals surface area contributed by atoms with E-state index in [1.54, 1.807) is 53.7 Å². The van der Waals surface area contributed by atoms with Crippen molar-refractivity contribution in [1.29, 1.82) is 0 Å². The zero-order chi connectivity index (χ0) is 36.6. The first kappa shape index (κ1) is 37.8. The molecule has 0 aromatic heterocycles. The number of amides is 2. The lowest BCUT2D eigenvalue weighted by molar-refractivity contribution is -0.165. The minimum atomic E-state index is -1.02. The maximum atomic E-state index is 13.1. The molecule has 0 saturated carbocycles. The summed E-state index contributed by atoms with van der Waals surface area (Å²) in [6.07, 6.45) is 2.60. The van der Waals surface area contributed by atoms with E-state index in [2.05, 4.69) is 0 Å². The minimum absolute atomic E-state index is 0.107. The van der Waals surface area contributed by atoms with Crippen LogP contribution in [0.25, 0.3) is 0 Å². The molecule has 2 heterocycles. The van der Waals surface area contributed by atoms with E-state index in [0.717, 1.165) is 22.3 Å². The average molecular weight is 691 g/mol. The highest BCUT2D eigenvalue weighted by Crippen LogP contribution is 2.28. The first-order chi connectivity index (χ1) is 23.5. The van der Waals surface area contributed by atoms with Crippen molar-refractivity contribution in [2.24, 2.45) is 0 Å². The number of fused-ring (bicyclic) bond motifs is 2. The number of nitrogens with zero attached hydrogens (tertiary/aromatic N) is 2. The van der Waals surface area contributed by atoms with Crippen LogP contribution in [-0.4, -0.2) is 69.1 Å². The molecule has 4 rings (SSSR count). The van der Waals surface area contributed by atoms with Crippen molar-refractivity contribution in [3.8, 4) is 0 Å². The van der Waals surface area contributed by atoms with Gasteiger partial charge in [-0.25, -0.2) is 19.2 Å². The van der Waals surface area contributed by atoms with E-state index in [-0.39, 0.29) is 51.6 Å². The predicted molar refractivity (Wildman–Crippen MR) is 181 cm³/mol. The van der Waals surface area contributed by atoms with Crippen molar-refractivity contribution in [3.63, 3.8) is 0 Å². The summed E-state index contributed by atoms with van der Waals surface area (Å²) in [5, 5.41) is 0. The third-order valence-corrected chi connectivity index (χ3v) is 7.92. The Morgan fingerprint density at radius 3 is 1.28 bits per heavy atom. The molecule has 2 aromatic carbocycles. The number of ether oxygens (including phenoxy) is 4. The van der Waals surface area contributed by atoms with Crippen molar-refractivity contribution in [2.75, 3.05) is 0 Å². The SMILES string of the molecule is CC(C)(C)OC(=O)N1Cc2ccccc2C[C@H]1C(=O)OC(=O)CC/C=C/CCC(=O)OC(=O)[C@@H]1Cc2ccccc2CN1C(=O)OC(C)(C)C. The lowest BCUT2D eigenvalue weighted by Gasteiger charge is -2.36. The van der Waals surface area contributed by atoms with Gasteiger partial charge in [0.25, 0.3) is 0 Å². The quantitative estimate of drug-likeness (QED) is 0.141. The minimum Gasteiger partial charge on any atom is -0.444 e. The lowest BCUT2D eigenvalue weighted by atomic mass is 9.94. The van der Waals surface area contributed by atoms with Gasteiger partial charge in [0.15, 0.2) is 0 Å². The summed E-state index contributed by atoms with van der Waals surface area (Å²) >= 11 is 0. The maximum Gasteiger partial charge on any atom is 0.411 e. The number of allylic oxidation sites excluding steroid dienone is 2. The van der Waals surface area contributed by atoms with E-state index in [9.17, 15) is 28.8 Å². The van der Waals surface area contributed by atoms with Crippen LogP contribution in [0.2, 0.25) is 0 Å². The molecule has 0 unspecified atom stereocenters. The molecule has 2 aromatic rings. The summed E-state index contributed by atoms with van der Waals surface area (Å²) in [5.74, 6) is -3.18. The first-order valence-corrected chi connectivity index (χ1v) is 16.8. The predicted octanol–water partition coefficient (Wildman–Crippen LogP) is 5.97. The van der Waals surface area contributed by atoms with Gasteiger partial charge in [0.05, 0.1) is 13.1 Å². The second-order valence-corrected chi connectivity index (χ2v) is 14.3. The van der Waals surface area contributed by atoms with Crippen molar-refractivity contribution >= 4 is 36.1 Å². The van der Waals surface area contributed by atoms with Gasteiger partial charge in [-0.15, -0.1) is 0 Å². The molecule has 0 saturated heterocycles. The van der Waals surface area contributed by atoms with Gasteiger partial charge in [-0.2, -0.15) is 0 Å². The fourth-order valence-electron chi connectivity index (χ4n) is 5.59. The van der Waals surface area contributed by atoms with Crippen LogP contribution in [0.5, 0.6) is 0 Å². The summed E-state index contributed by atoms with van der Waals surface area (Å²) < 4.78 is 21.3. The van der Waals surface area contributed by atoms with Crippen LogP contribution in [0.3, 0.4) is 0 Å². The largest absolute Gasteiger partial charge is 0.444 e. The van der Waals surface area contributed by atoms with Gasteiger partial charge < -0.3 is 18.9 Å². The standard InChI is InChI=1S/C38H46N2O10/c1-37(2,3)49-35(45)39-23-27-17-13-11-15-25(27)21-29(39)33(43)47-31(41)19-9-7-8-10-20-32(42)48-34(44)30-22-26-16-12-14-18-28(26)24-40(30)36(46)50-38(4,5)6/h7-8,11-18,29-30H,9-10,19-24H2,1-6H3/b8-7+/t29-,30-/m0/s1. The number of hydrogen-bond donors (Lipinski definition) is 0. The van der Waals surface area contributed by atoms with Crippen LogP contribution in [-0.2, 0) is 64.1 Å². The van der Waals surface area contributed by atoms with Crippen LogP contribution in [0.15, 0.2) is 60.7 Å². The summed E-state index contributed by atoms with van der Waals surface area (Å²) in [6.45, 7) is 10.7. The van der Waals surface area contributed by atoms with Crippen molar-refractivity contribution in [3.05, 3.63) is 82.9 Å². The lowest BCUT2D eigenvalue weighted by Crippen LogP contribution is -2.51. The average Bonchev–Trinajstić information content (AvgIpc) is 3.03. The monoisotopic (exact) mass is 690 g/mol. The number of rotatable bonds is 8. The number of carbonyl (C=O) groups excluding carboxylic acids is 6. The molecular formula is C38H46N2O10. The number of carbonyl (C=O) groups is 6. The highest BCUT2D eigenvalue weighted by molar-refractivity contribution is 5.92. The van der Waals surface area contributed by atoms with Crippen molar-refractivity contribution < 1.29 is 47.7 Å². The molecule has 12 nitrogen and oxygen atoms in total. The van der Waals surface area contributed by atoms with Gasteiger partial charge >= 0.3 is 36.1 Å². The molecule has 2 aliphatic heterocycles. The molecule has 0 spiro atoms. The third-order valence-electron chi connectivity index (χ3n) is 7.92. The van der Waals surface area contributed by atoms with Crippen LogP contribution >= 0.6 is 0 Å². The summed E-state index contributed by atoms with van der Waals surface area (Å²) in [7, 11) is 0. The molecule has 2 aliphatic rings. The Morgan fingerprint density at radius 1 is 0.600 bits per heavy atom. The molecule has 2 amide bonds. The second-order valence-electron chi connectivity index (χ2n) is 14.3. The zero-order valence-corrected chi connectivity index (χ0v) is 29.6. The summed E-state index contributed by atoms with van der Waals surface area (Å²) in [4.78, 5) is 79.7. The number of benzene rings is 2. The van der Waals surface area contributed by atoms with E-state index < -0.39 is 59.3 Å². The van der Waals surface area contributed by atoms with E-state index >= 15 is 0 Å². The van der Waals surface area contributed by atoms with Gasteiger partial charge in [-0.05, 0) is 76.6 Å². The molecule has 0 N–H and O–H groups in total. The van der Waals surface area contributed by atoms with Gasteiger partial charge in [-0.1, -0.05) is 60.7 Å². The van der Waals surface area contributed by atoms with Crippen LogP contribution in [0.4, 0.5) is 9.59 Å². The summed E-state index contributed by atoms with van der Waals surface area (Å²) in [6, 6.07) is 12.8. The maximum absolute atomic E-state index is 13.1. The Morgan fingerprint density at radius 2 is 0.940 bits per heavy atom. The molecule has 0 bridgehead atoms. The molecule has 0 fully saturated rings. The van der Waals surface area contributed by atoms with E-state index in [1.807, 2.05) is 48.5 Å². The fraction of sp³-hybridized carbons (Fsp3) is 0.474. The Balaban J connectivity index is 1.24. The molecule has 12 heteroatoms. The van der Waals surface area contributed by atoms with Crippen molar-refractivity contribution in [1.82, 2.24) is 9.80 Å². The van der Waals surface area contributed by atoms with Crippen LogP contribution in [0, 0.1) is 0 Å². The molecule has 2 atom stereocenters. The number of hydrogen-bond acceptors (Lipinski definition) is 10. The third kappa shape index (κ3) is 10.8. The fourth-order valence-corrected chi connectivity index (χ4v) is 5.59. The second kappa shape index (κ2) is 16.1. The molecule has 0 radical (unpaired) electrons. The normalized spacial score (nSPS) is 17.3. The number of esters is 4. The first-order valence-electron chi connectivity index (χ1n) is 16.8. The molecule has 0 aliphatic carbocycles. The highest BCUT2D eigenvalue weighted by Gasteiger charge is 2.40. The Labute approximate surface area is 292 Å². The van der Waals surface area contributed by atoms with E-state index in [4.69, 9.17) is 18.9 Å². The van der Waals surface area contributed by atoms with Crippen LogP contribution < -0.4 is 0 Å². The van der Waals surface area contributed by atoms with E-state index in [1.165, 1.54) is 9.80 Å². The van der Waals surface area contributed by atoms with Crippen molar-refractivity contribution in [2.45, 2.75) is 116 Å². The van der Waals surface area contributed by atoms with E-state index in [0.29, 0.717) is 0 Å².